The Morgan fingerprint density at radius 3 is 2.22 bits per heavy atom. The number of ketones is 2. The highest BCUT2D eigenvalue weighted by Gasteiger charge is 2.28. The number of carbonyl (C=O) groups is 4. The first kappa shape index (κ1) is 40.9. The zero-order valence-electron chi connectivity index (χ0n) is 28.1. The Kier molecular flexibility index (Phi) is 21.2. The van der Waals surface area contributed by atoms with E-state index in [1.54, 1.807) is 39.2 Å². The van der Waals surface area contributed by atoms with Crippen molar-refractivity contribution in [2.24, 2.45) is 5.92 Å². The van der Waals surface area contributed by atoms with Crippen LogP contribution in [0.5, 0.6) is 5.75 Å². The maximum absolute atomic E-state index is 12.6. The van der Waals surface area contributed by atoms with E-state index >= 15 is 0 Å². The number of aromatic hydroxyl groups is 1. The molecule has 0 radical (unpaired) electrons. The summed E-state index contributed by atoms with van der Waals surface area (Å²) in [5, 5.41) is 20.6. The van der Waals surface area contributed by atoms with Crippen molar-refractivity contribution >= 4 is 23.9 Å². The number of nitrogens with one attached hydrogen (secondary N) is 2. The van der Waals surface area contributed by atoms with Crippen LogP contribution in [0.2, 0.25) is 0 Å². The molecule has 1 unspecified atom stereocenters. The second-order valence-corrected chi connectivity index (χ2v) is 10.5. The van der Waals surface area contributed by atoms with Gasteiger partial charge in [0.2, 0.25) is 18.0 Å². The molecule has 0 heterocycles. The van der Waals surface area contributed by atoms with Gasteiger partial charge in [0.1, 0.15) is 5.75 Å². The van der Waals surface area contributed by atoms with Crippen molar-refractivity contribution < 1.29 is 34.1 Å². The van der Waals surface area contributed by atoms with Crippen molar-refractivity contribution in [1.29, 1.82) is 0 Å². The zero-order valence-corrected chi connectivity index (χ0v) is 28.1. The van der Waals surface area contributed by atoms with Crippen molar-refractivity contribution in [3.05, 3.63) is 88.3 Å². The second kappa shape index (κ2) is 23.3. The maximum Gasteiger partial charge on any atom is 0.251 e. The van der Waals surface area contributed by atoms with Crippen LogP contribution in [0.25, 0.3) is 0 Å². The van der Waals surface area contributed by atoms with E-state index in [0.29, 0.717) is 23.7 Å². The topological polar surface area (TPSA) is 142 Å². The Hall–Kier alpha value is -4.08. The first-order valence-corrected chi connectivity index (χ1v) is 15.3. The van der Waals surface area contributed by atoms with E-state index in [9.17, 15) is 19.2 Å². The molecule has 0 saturated heterocycles. The number of phenols is 1. The lowest BCUT2D eigenvalue weighted by Crippen LogP contribution is -2.35. The molecule has 2 atom stereocenters. The molecule has 0 aromatic heterocycles. The van der Waals surface area contributed by atoms with Gasteiger partial charge >= 0.3 is 0 Å². The van der Waals surface area contributed by atoms with Crippen LogP contribution in [0.4, 0.5) is 0 Å². The van der Waals surface area contributed by atoms with Crippen LogP contribution in [0.3, 0.4) is 0 Å². The van der Waals surface area contributed by atoms with E-state index in [1.165, 1.54) is 11.1 Å². The summed E-state index contributed by atoms with van der Waals surface area (Å²) in [4.78, 5) is 48.0. The molecular formula is C36H52N2O7. The summed E-state index contributed by atoms with van der Waals surface area (Å²) < 4.78 is 5.46. The summed E-state index contributed by atoms with van der Waals surface area (Å²) in [6.07, 6.45) is 14.5. The van der Waals surface area contributed by atoms with Crippen LogP contribution in [0, 0.1) is 5.92 Å². The van der Waals surface area contributed by atoms with E-state index in [1.807, 2.05) is 24.3 Å². The molecule has 2 amide bonds. The Bertz CT molecular complexity index is 1250. The lowest BCUT2D eigenvalue weighted by molar-refractivity contribution is -0.120. The van der Waals surface area contributed by atoms with E-state index in [-0.39, 0.29) is 29.5 Å². The number of ether oxygens (including phenoxy) is 1. The minimum absolute atomic E-state index is 0.0432. The number of hydrogen-bond acceptors (Lipinski definition) is 7. The van der Waals surface area contributed by atoms with Gasteiger partial charge in [0.05, 0.1) is 17.5 Å². The number of rotatable bonds is 15. The molecular weight excluding hydrogens is 572 g/mol. The summed E-state index contributed by atoms with van der Waals surface area (Å²) in [5.74, 6) is -0.669. The average molecular weight is 625 g/mol. The quantitative estimate of drug-likeness (QED) is 0.0636. The lowest BCUT2D eigenvalue weighted by Gasteiger charge is -2.18. The molecule has 1 aliphatic carbocycles. The first-order chi connectivity index (χ1) is 21.5. The predicted molar refractivity (Wildman–Crippen MR) is 179 cm³/mol. The fourth-order valence-corrected chi connectivity index (χ4v) is 4.47. The Morgan fingerprint density at radius 2 is 1.69 bits per heavy atom. The van der Waals surface area contributed by atoms with Crippen LogP contribution in [0.1, 0.15) is 79.2 Å². The van der Waals surface area contributed by atoms with Gasteiger partial charge in [0.25, 0.3) is 5.91 Å². The van der Waals surface area contributed by atoms with Crippen molar-refractivity contribution in [1.82, 2.24) is 10.6 Å². The standard InChI is InChI=1S/C27H38N2O5.C8H10O.CH4O/c1-7-21(34-6)15-19(4)14-18(3)12-10-9-11-13-20(5)27(33)29-23-16-24(31)25(28-17-30)22(8-2)26(23)32;1-2-7-3-5-8(9)6-4-7;1-2/h9,11,13-14,16-17,19,21H,7-8,10,12,15H2,1-6H3,(H,28,30)(H,29,33);3-6,9H,2H2,1H3;2H,1H3/b11-9-,18-14+,20-13+;;/t19-,21?;;/m0../s1. The third-order valence-electron chi connectivity index (χ3n) is 7.03. The van der Waals surface area contributed by atoms with Gasteiger partial charge < -0.3 is 25.6 Å². The van der Waals surface area contributed by atoms with Crippen LogP contribution in [-0.2, 0) is 30.3 Å². The molecule has 0 saturated carbocycles. The second-order valence-electron chi connectivity index (χ2n) is 10.5. The average Bonchev–Trinajstić information content (AvgIpc) is 3.03. The maximum atomic E-state index is 12.6. The van der Waals surface area contributed by atoms with Gasteiger partial charge in [-0.3, -0.25) is 19.2 Å². The third-order valence-corrected chi connectivity index (χ3v) is 7.03. The molecule has 45 heavy (non-hydrogen) atoms. The van der Waals surface area contributed by atoms with Crippen molar-refractivity contribution in [2.75, 3.05) is 14.2 Å². The summed E-state index contributed by atoms with van der Waals surface area (Å²) in [6.45, 7) is 11.9. The SMILES string of the molecule is CCC1=C(NC=O)C(=O)C=C(NC(=O)/C(C)=C/C=C\CC/C(C)=C/[C@H](C)CC(CC)OC)C1=O.CCc1ccc(O)cc1.CO. The molecule has 9 nitrogen and oxygen atoms in total. The molecule has 0 bridgehead atoms. The molecule has 0 aliphatic heterocycles. The van der Waals surface area contributed by atoms with Gasteiger partial charge in [-0.25, -0.2) is 0 Å². The van der Waals surface area contributed by atoms with Gasteiger partial charge in [-0.1, -0.05) is 69.7 Å². The number of aliphatic hydroxyl groups excluding tert-OH is 1. The van der Waals surface area contributed by atoms with E-state index in [4.69, 9.17) is 14.9 Å². The largest absolute Gasteiger partial charge is 0.508 e. The van der Waals surface area contributed by atoms with Gasteiger partial charge in [0, 0.05) is 31.4 Å². The first-order valence-electron chi connectivity index (χ1n) is 15.3. The molecule has 0 spiro atoms. The van der Waals surface area contributed by atoms with E-state index in [0.717, 1.165) is 45.3 Å². The van der Waals surface area contributed by atoms with E-state index in [2.05, 4.69) is 44.4 Å². The molecule has 248 valence electrons. The van der Waals surface area contributed by atoms with Crippen LogP contribution >= 0.6 is 0 Å². The highest BCUT2D eigenvalue weighted by molar-refractivity contribution is 6.24. The molecule has 1 aliphatic rings. The molecule has 4 N–H and O–H groups in total. The van der Waals surface area contributed by atoms with Gasteiger partial charge in [-0.2, -0.15) is 0 Å². The van der Waals surface area contributed by atoms with E-state index < -0.39 is 17.5 Å². The van der Waals surface area contributed by atoms with Crippen LogP contribution < -0.4 is 10.6 Å². The monoisotopic (exact) mass is 624 g/mol. The molecule has 9 heteroatoms. The number of benzene rings is 1. The van der Waals surface area contributed by atoms with Gasteiger partial charge in [-0.15, -0.1) is 0 Å². The molecule has 1 aromatic rings. The highest BCUT2D eigenvalue weighted by atomic mass is 16.5. The Morgan fingerprint density at radius 1 is 1.04 bits per heavy atom. The van der Waals surface area contributed by atoms with Crippen LogP contribution in [-0.4, -0.2) is 54.4 Å². The fraction of sp³-hybridized carbons (Fsp3) is 0.444. The molecule has 1 aromatic carbocycles. The molecule has 2 rings (SSSR count). The number of Topliss-reactive ketones (excluding diaryl/α,β-unsaturated/α-hetero) is 1. The third kappa shape index (κ3) is 15.5. The number of allylic oxidation sites excluding steroid dienone is 7. The number of aliphatic hydroxyl groups is 1. The highest BCUT2D eigenvalue weighted by Crippen LogP contribution is 2.20. The smallest absolute Gasteiger partial charge is 0.251 e. The Balaban J connectivity index is 0.00000148. The van der Waals surface area contributed by atoms with Gasteiger partial charge in [0.15, 0.2) is 0 Å². The minimum atomic E-state index is -0.523. The lowest BCUT2D eigenvalue weighted by atomic mass is 9.95. The van der Waals surface area contributed by atoms with Crippen molar-refractivity contribution in [3.63, 3.8) is 0 Å². The summed E-state index contributed by atoms with van der Waals surface area (Å²) in [5.41, 5.74) is 3.01. The number of hydrogen-bond donors (Lipinski definition) is 4. The van der Waals surface area contributed by atoms with Crippen molar-refractivity contribution in [2.45, 2.75) is 86.2 Å². The number of carbonyl (C=O) groups excluding carboxylic acids is 4. The predicted octanol–water partition coefficient (Wildman–Crippen LogP) is 5.79. The zero-order chi connectivity index (χ0) is 34.4. The van der Waals surface area contributed by atoms with Crippen LogP contribution in [0.15, 0.2) is 82.8 Å². The number of aryl methyl sites for hydroxylation is 1. The summed E-state index contributed by atoms with van der Waals surface area (Å²) in [6, 6.07) is 7.27. The normalized spacial score (nSPS) is 14.9. The van der Waals surface area contributed by atoms with Gasteiger partial charge in [-0.05, 0) is 76.0 Å². The number of phenolic OH excluding ortho intramolecular Hbond substituents is 1. The summed E-state index contributed by atoms with van der Waals surface area (Å²) in [7, 11) is 2.75. The minimum Gasteiger partial charge on any atom is -0.508 e. The fourth-order valence-electron chi connectivity index (χ4n) is 4.47. The molecule has 0 fully saturated rings. The number of amides is 2. The Labute approximate surface area is 268 Å². The summed E-state index contributed by atoms with van der Waals surface area (Å²) >= 11 is 0. The number of methoxy groups -OCH3 is 1. The van der Waals surface area contributed by atoms with Crippen molar-refractivity contribution in [3.8, 4) is 5.75 Å².